The van der Waals surface area contributed by atoms with Crippen LogP contribution in [0.1, 0.15) is 23.1 Å². The number of nitrogens with one attached hydrogen (secondary N) is 1. The van der Waals surface area contributed by atoms with Crippen LogP contribution in [-0.4, -0.2) is 12.5 Å². The molecule has 1 aromatic heterocycles. The molecule has 0 spiro atoms. The molecule has 0 saturated heterocycles. The van der Waals surface area contributed by atoms with E-state index < -0.39 is 0 Å². The summed E-state index contributed by atoms with van der Waals surface area (Å²) in [5.74, 6) is 0.498. The molecule has 0 bridgehead atoms. The molecular formula is C16H20IN3S. The number of halogens is 1. The Morgan fingerprint density at radius 1 is 1.24 bits per heavy atom. The van der Waals surface area contributed by atoms with Gasteiger partial charge in [0.2, 0.25) is 0 Å². The number of rotatable bonds is 4. The summed E-state index contributed by atoms with van der Waals surface area (Å²) in [6, 6.07) is 8.61. The maximum Gasteiger partial charge on any atom is 0.193 e. The molecule has 3 N–H and O–H groups in total. The Labute approximate surface area is 146 Å². The highest BCUT2D eigenvalue weighted by Crippen LogP contribution is 2.24. The number of guanidine groups is 1. The van der Waals surface area contributed by atoms with E-state index in [1.165, 1.54) is 36.0 Å². The molecule has 1 aliphatic carbocycles. The Hall–Kier alpha value is -1.08. The van der Waals surface area contributed by atoms with Crippen molar-refractivity contribution in [1.29, 1.82) is 0 Å². The minimum absolute atomic E-state index is 0. The van der Waals surface area contributed by atoms with Gasteiger partial charge in [0.05, 0.1) is 0 Å². The molecule has 1 aliphatic rings. The molecule has 3 nitrogen and oxygen atoms in total. The first-order chi connectivity index (χ1) is 9.81. The van der Waals surface area contributed by atoms with Crippen LogP contribution in [0.5, 0.6) is 0 Å². The molecule has 0 amide bonds. The van der Waals surface area contributed by atoms with Gasteiger partial charge >= 0.3 is 0 Å². The Kier molecular flexibility index (Phi) is 6.05. The lowest BCUT2D eigenvalue weighted by Crippen LogP contribution is -2.23. The second-order valence-electron chi connectivity index (χ2n) is 5.11. The van der Waals surface area contributed by atoms with Crippen LogP contribution in [0.3, 0.4) is 0 Å². The van der Waals surface area contributed by atoms with E-state index in [0.29, 0.717) is 5.96 Å². The van der Waals surface area contributed by atoms with Crippen molar-refractivity contribution in [2.24, 2.45) is 10.7 Å². The molecule has 0 unspecified atom stereocenters. The third-order valence-electron chi connectivity index (χ3n) is 3.63. The topological polar surface area (TPSA) is 50.4 Å². The Balaban J connectivity index is 0.00000161. The molecule has 3 rings (SSSR count). The van der Waals surface area contributed by atoms with E-state index in [-0.39, 0.29) is 24.0 Å². The molecule has 0 atom stereocenters. The van der Waals surface area contributed by atoms with Crippen LogP contribution in [0.2, 0.25) is 0 Å². The van der Waals surface area contributed by atoms with Gasteiger partial charge in [0.1, 0.15) is 0 Å². The Morgan fingerprint density at radius 2 is 2.10 bits per heavy atom. The molecule has 5 heteroatoms. The number of aliphatic imine (C=N–C) groups is 1. The zero-order chi connectivity index (χ0) is 13.8. The van der Waals surface area contributed by atoms with Crippen LogP contribution in [0.25, 0.3) is 0 Å². The number of thiophene rings is 1. The molecule has 0 fully saturated rings. The van der Waals surface area contributed by atoms with Gasteiger partial charge in [0.15, 0.2) is 5.96 Å². The van der Waals surface area contributed by atoms with Crippen LogP contribution in [-0.2, 0) is 19.3 Å². The van der Waals surface area contributed by atoms with E-state index in [1.807, 2.05) is 0 Å². The van der Waals surface area contributed by atoms with Gasteiger partial charge in [-0.25, -0.2) is 0 Å². The Bertz CT molecular complexity index is 608. The summed E-state index contributed by atoms with van der Waals surface area (Å²) in [4.78, 5) is 4.38. The average Bonchev–Trinajstić information content (AvgIpc) is 3.08. The second kappa shape index (κ2) is 7.79. The molecule has 0 aliphatic heterocycles. The SMILES string of the molecule is I.NC(=NCCc1ccsc1)Nc1ccc2c(c1)CCC2. The fourth-order valence-electron chi connectivity index (χ4n) is 2.58. The standard InChI is InChI=1S/C16H19N3S.HI/c17-16(18-8-6-12-7-9-20-11-12)19-15-5-4-13-2-1-3-14(13)10-15;/h4-5,7,9-11H,1-3,6,8H2,(H3,17,18,19);1H. The lowest BCUT2D eigenvalue weighted by molar-refractivity contribution is 0.912. The predicted octanol–water partition coefficient (Wildman–Crippen LogP) is 3.82. The van der Waals surface area contributed by atoms with Gasteiger partial charge in [-0.1, -0.05) is 6.07 Å². The van der Waals surface area contributed by atoms with Crippen molar-refractivity contribution in [3.05, 3.63) is 51.7 Å². The lowest BCUT2D eigenvalue weighted by Gasteiger charge is -2.07. The minimum Gasteiger partial charge on any atom is -0.370 e. The Morgan fingerprint density at radius 3 is 2.90 bits per heavy atom. The summed E-state index contributed by atoms with van der Waals surface area (Å²) in [5, 5.41) is 7.42. The number of aryl methyl sites for hydroxylation is 2. The third-order valence-corrected chi connectivity index (χ3v) is 4.37. The number of hydrogen-bond acceptors (Lipinski definition) is 2. The summed E-state index contributed by atoms with van der Waals surface area (Å²) < 4.78 is 0. The number of nitrogens with zero attached hydrogens (tertiary/aromatic N) is 1. The van der Waals surface area contributed by atoms with Crippen LogP contribution >= 0.6 is 35.3 Å². The van der Waals surface area contributed by atoms with Crippen molar-refractivity contribution < 1.29 is 0 Å². The summed E-state index contributed by atoms with van der Waals surface area (Å²) >= 11 is 1.72. The number of hydrogen-bond donors (Lipinski definition) is 2. The molecule has 1 heterocycles. The molecule has 2 aromatic rings. The van der Waals surface area contributed by atoms with Crippen LogP contribution in [0.15, 0.2) is 40.0 Å². The lowest BCUT2D eigenvalue weighted by atomic mass is 10.1. The molecule has 21 heavy (non-hydrogen) atoms. The van der Waals surface area contributed by atoms with E-state index in [0.717, 1.165) is 18.7 Å². The molecule has 112 valence electrons. The quantitative estimate of drug-likeness (QED) is 0.455. The van der Waals surface area contributed by atoms with Crippen molar-refractivity contribution >= 4 is 47.0 Å². The van der Waals surface area contributed by atoms with Crippen LogP contribution in [0, 0.1) is 0 Å². The van der Waals surface area contributed by atoms with Gasteiger partial charge in [-0.15, -0.1) is 24.0 Å². The van der Waals surface area contributed by atoms with Gasteiger partial charge in [-0.3, -0.25) is 4.99 Å². The highest BCUT2D eigenvalue weighted by atomic mass is 127. The van der Waals surface area contributed by atoms with Crippen LogP contribution in [0.4, 0.5) is 5.69 Å². The highest BCUT2D eigenvalue weighted by molar-refractivity contribution is 14.0. The normalized spacial score (nSPS) is 13.6. The number of nitrogens with two attached hydrogens (primary N) is 1. The number of benzene rings is 1. The average molecular weight is 413 g/mol. The van der Waals surface area contributed by atoms with E-state index in [2.05, 4.69) is 45.3 Å². The monoisotopic (exact) mass is 413 g/mol. The van der Waals surface area contributed by atoms with Gasteiger partial charge in [0, 0.05) is 12.2 Å². The van der Waals surface area contributed by atoms with Crippen molar-refractivity contribution in [3.8, 4) is 0 Å². The summed E-state index contributed by atoms with van der Waals surface area (Å²) in [7, 11) is 0. The van der Waals surface area contributed by atoms with Crippen molar-refractivity contribution in [2.75, 3.05) is 11.9 Å². The van der Waals surface area contributed by atoms with E-state index >= 15 is 0 Å². The van der Waals surface area contributed by atoms with E-state index in [4.69, 9.17) is 5.73 Å². The molecule has 1 aromatic carbocycles. The highest BCUT2D eigenvalue weighted by Gasteiger charge is 2.10. The number of fused-ring (bicyclic) bond motifs is 1. The van der Waals surface area contributed by atoms with Gasteiger partial charge in [-0.2, -0.15) is 11.3 Å². The minimum atomic E-state index is 0. The number of anilines is 1. The smallest absolute Gasteiger partial charge is 0.193 e. The largest absolute Gasteiger partial charge is 0.370 e. The maximum absolute atomic E-state index is 5.93. The first kappa shape index (κ1) is 16.3. The van der Waals surface area contributed by atoms with Crippen LogP contribution < -0.4 is 11.1 Å². The molecular weight excluding hydrogens is 393 g/mol. The predicted molar refractivity (Wildman–Crippen MR) is 102 cm³/mol. The summed E-state index contributed by atoms with van der Waals surface area (Å²) in [6.45, 7) is 0.723. The molecule has 0 radical (unpaired) electrons. The van der Waals surface area contributed by atoms with Crippen molar-refractivity contribution in [2.45, 2.75) is 25.7 Å². The van der Waals surface area contributed by atoms with E-state index in [1.54, 1.807) is 11.3 Å². The van der Waals surface area contributed by atoms with Crippen molar-refractivity contribution in [3.63, 3.8) is 0 Å². The van der Waals surface area contributed by atoms with E-state index in [9.17, 15) is 0 Å². The van der Waals surface area contributed by atoms with Gasteiger partial charge in [-0.05, 0) is 71.3 Å². The third kappa shape index (κ3) is 4.44. The first-order valence-electron chi connectivity index (χ1n) is 7.01. The first-order valence-corrected chi connectivity index (χ1v) is 7.95. The summed E-state index contributed by atoms with van der Waals surface area (Å²) in [5.41, 5.74) is 11.2. The zero-order valence-electron chi connectivity index (χ0n) is 11.8. The summed E-state index contributed by atoms with van der Waals surface area (Å²) in [6.07, 6.45) is 4.60. The molecule has 0 saturated carbocycles. The zero-order valence-corrected chi connectivity index (χ0v) is 15.0. The fourth-order valence-corrected chi connectivity index (χ4v) is 3.28. The van der Waals surface area contributed by atoms with Gasteiger partial charge in [0.25, 0.3) is 0 Å². The van der Waals surface area contributed by atoms with Crippen molar-refractivity contribution in [1.82, 2.24) is 0 Å². The van der Waals surface area contributed by atoms with Gasteiger partial charge < -0.3 is 11.1 Å². The fraction of sp³-hybridized carbons (Fsp3) is 0.312. The second-order valence-corrected chi connectivity index (χ2v) is 5.89. The maximum atomic E-state index is 5.93.